The summed E-state index contributed by atoms with van der Waals surface area (Å²) in [5.41, 5.74) is 3.38. The number of carbonyl (C=O) groups excluding carboxylic acids is 2. The number of benzene rings is 2. The zero-order valence-electron chi connectivity index (χ0n) is 16.5. The fourth-order valence-electron chi connectivity index (χ4n) is 2.61. The van der Waals surface area contributed by atoms with Gasteiger partial charge in [-0.3, -0.25) is 4.79 Å². The first-order valence-electron chi connectivity index (χ1n) is 8.82. The van der Waals surface area contributed by atoms with E-state index in [0.717, 1.165) is 11.1 Å². The van der Waals surface area contributed by atoms with Gasteiger partial charge in [0.15, 0.2) is 24.7 Å². The van der Waals surface area contributed by atoms with Crippen molar-refractivity contribution < 1.29 is 23.8 Å². The van der Waals surface area contributed by atoms with E-state index < -0.39 is 11.9 Å². The fourth-order valence-corrected chi connectivity index (χ4v) is 2.61. The molecule has 0 heterocycles. The van der Waals surface area contributed by atoms with Crippen molar-refractivity contribution in [2.24, 2.45) is 0 Å². The number of methoxy groups -OCH3 is 1. The molecule has 0 aliphatic rings. The van der Waals surface area contributed by atoms with E-state index >= 15 is 0 Å². The molecular weight excluding hydrogens is 372 g/mol. The van der Waals surface area contributed by atoms with Gasteiger partial charge in [-0.1, -0.05) is 12.1 Å². The average Bonchev–Trinajstić information content (AvgIpc) is 2.68. The van der Waals surface area contributed by atoms with Crippen LogP contribution in [0.15, 0.2) is 42.5 Å². The molecule has 0 unspecified atom stereocenters. The summed E-state index contributed by atoms with van der Waals surface area (Å²) >= 11 is 0. The van der Waals surface area contributed by atoms with Crippen LogP contribution in [0.25, 0.3) is 6.08 Å². The number of amides is 1. The summed E-state index contributed by atoms with van der Waals surface area (Å²) in [5.74, 6) is -0.206. The molecule has 0 atom stereocenters. The maximum atomic E-state index is 12.0. The van der Waals surface area contributed by atoms with Gasteiger partial charge in [0.25, 0.3) is 5.91 Å². The predicted molar refractivity (Wildman–Crippen MR) is 109 cm³/mol. The van der Waals surface area contributed by atoms with Crippen molar-refractivity contribution in [3.63, 3.8) is 0 Å². The van der Waals surface area contributed by atoms with Crippen molar-refractivity contribution >= 4 is 23.6 Å². The van der Waals surface area contributed by atoms with E-state index in [-0.39, 0.29) is 13.2 Å². The molecular formula is C22H22N2O5. The van der Waals surface area contributed by atoms with Gasteiger partial charge in [-0.15, -0.1) is 0 Å². The van der Waals surface area contributed by atoms with Crippen LogP contribution in [0, 0.1) is 25.2 Å². The Balaban J connectivity index is 1.89. The average molecular weight is 394 g/mol. The topological polar surface area (TPSA) is 97.7 Å². The first kappa shape index (κ1) is 21.5. The lowest BCUT2D eigenvalue weighted by molar-refractivity contribution is -0.142. The van der Waals surface area contributed by atoms with Gasteiger partial charge in [0.1, 0.15) is 6.07 Å². The third kappa shape index (κ3) is 7.03. The summed E-state index contributed by atoms with van der Waals surface area (Å²) in [7, 11) is 1.48. The van der Waals surface area contributed by atoms with Crippen LogP contribution in [-0.2, 0) is 14.3 Å². The third-order valence-electron chi connectivity index (χ3n) is 3.74. The fraction of sp³-hybridized carbons (Fsp3) is 0.227. The molecule has 150 valence electrons. The molecule has 0 saturated carbocycles. The number of ether oxygens (including phenoxy) is 3. The minimum absolute atomic E-state index is 0.0952. The standard InChI is InChI=1S/C22H22N2O5/c1-15-10-16(2)12-18(11-15)24-21(25)14-29-22(26)7-5-17-4-6-19(28-9-8-23)20(13-17)27-3/h4-7,10-13H,9,14H2,1-3H3,(H,24,25)/b7-5+. The molecule has 0 bridgehead atoms. The van der Waals surface area contributed by atoms with Crippen molar-refractivity contribution in [1.29, 1.82) is 5.26 Å². The first-order valence-corrected chi connectivity index (χ1v) is 8.82. The summed E-state index contributed by atoms with van der Waals surface area (Å²) in [6.45, 7) is 3.39. The lowest BCUT2D eigenvalue weighted by Crippen LogP contribution is -2.20. The summed E-state index contributed by atoms with van der Waals surface area (Å²) in [6, 6.07) is 12.5. The zero-order valence-corrected chi connectivity index (χ0v) is 16.5. The monoisotopic (exact) mass is 394 g/mol. The number of nitrogens with zero attached hydrogens (tertiary/aromatic N) is 1. The smallest absolute Gasteiger partial charge is 0.331 e. The highest BCUT2D eigenvalue weighted by Gasteiger charge is 2.08. The lowest BCUT2D eigenvalue weighted by Gasteiger charge is -2.09. The number of anilines is 1. The van der Waals surface area contributed by atoms with E-state index in [9.17, 15) is 9.59 Å². The molecule has 0 aromatic heterocycles. The molecule has 0 fully saturated rings. The number of rotatable bonds is 8. The van der Waals surface area contributed by atoms with Crippen molar-refractivity contribution in [3.05, 3.63) is 59.2 Å². The highest BCUT2D eigenvalue weighted by Crippen LogP contribution is 2.28. The Hall–Kier alpha value is -3.79. The van der Waals surface area contributed by atoms with E-state index in [2.05, 4.69) is 5.32 Å². The number of nitriles is 1. The van der Waals surface area contributed by atoms with Crippen molar-refractivity contribution in [1.82, 2.24) is 0 Å². The number of esters is 1. The highest BCUT2D eigenvalue weighted by atomic mass is 16.5. The van der Waals surface area contributed by atoms with Gasteiger partial charge in [0.05, 0.1) is 7.11 Å². The van der Waals surface area contributed by atoms with Gasteiger partial charge < -0.3 is 19.5 Å². The molecule has 29 heavy (non-hydrogen) atoms. The second-order valence-electron chi connectivity index (χ2n) is 6.22. The van der Waals surface area contributed by atoms with Crippen LogP contribution in [0.5, 0.6) is 11.5 Å². The number of hydrogen-bond donors (Lipinski definition) is 1. The van der Waals surface area contributed by atoms with Gasteiger partial charge in [0, 0.05) is 11.8 Å². The minimum Gasteiger partial charge on any atom is -0.493 e. The molecule has 1 N–H and O–H groups in total. The lowest BCUT2D eigenvalue weighted by atomic mass is 10.1. The SMILES string of the molecule is COc1cc(/C=C/C(=O)OCC(=O)Nc2cc(C)cc(C)c2)ccc1OCC#N. The molecule has 0 aliphatic carbocycles. The minimum atomic E-state index is -0.649. The normalized spacial score (nSPS) is 10.3. The molecule has 7 nitrogen and oxygen atoms in total. The molecule has 2 aromatic carbocycles. The van der Waals surface area contributed by atoms with Gasteiger partial charge in [-0.05, 0) is 60.9 Å². The van der Waals surface area contributed by atoms with Gasteiger partial charge in [-0.2, -0.15) is 5.26 Å². The van der Waals surface area contributed by atoms with Crippen molar-refractivity contribution in [2.45, 2.75) is 13.8 Å². The number of carbonyl (C=O) groups is 2. The summed E-state index contributed by atoms with van der Waals surface area (Å²) in [6.07, 6.45) is 2.75. The molecule has 2 rings (SSSR count). The van der Waals surface area contributed by atoms with Crippen LogP contribution in [-0.4, -0.2) is 32.2 Å². The Kier molecular flexibility index (Phi) is 7.80. The maximum Gasteiger partial charge on any atom is 0.331 e. The zero-order chi connectivity index (χ0) is 21.2. The number of aryl methyl sites for hydroxylation is 2. The first-order chi connectivity index (χ1) is 13.9. The Labute approximate surface area is 169 Å². The van der Waals surface area contributed by atoms with E-state index in [1.54, 1.807) is 18.2 Å². The van der Waals surface area contributed by atoms with Gasteiger partial charge in [0.2, 0.25) is 0 Å². The molecule has 2 aromatic rings. The van der Waals surface area contributed by atoms with Crippen LogP contribution in [0.4, 0.5) is 5.69 Å². The van der Waals surface area contributed by atoms with Crippen molar-refractivity contribution in [3.8, 4) is 17.6 Å². The Morgan fingerprint density at radius 2 is 1.83 bits per heavy atom. The molecule has 0 aliphatic heterocycles. The molecule has 0 saturated heterocycles. The molecule has 0 spiro atoms. The van der Waals surface area contributed by atoms with Crippen LogP contribution in [0.1, 0.15) is 16.7 Å². The van der Waals surface area contributed by atoms with E-state index in [0.29, 0.717) is 22.7 Å². The largest absolute Gasteiger partial charge is 0.493 e. The summed E-state index contributed by atoms with van der Waals surface area (Å²) in [4.78, 5) is 23.8. The van der Waals surface area contributed by atoms with Gasteiger partial charge in [-0.25, -0.2) is 4.79 Å². The maximum absolute atomic E-state index is 12.0. The molecule has 1 amide bonds. The van der Waals surface area contributed by atoms with Gasteiger partial charge >= 0.3 is 5.97 Å². The Morgan fingerprint density at radius 1 is 1.10 bits per heavy atom. The van der Waals surface area contributed by atoms with E-state index in [1.165, 1.54) is 19.3 Å². The second-order valence-corrected chi connectivity index (χ2v) is 6.22. The van der Waals surface area contributed by atoms with E-state index in [4.69, 9.17) is 19.5 Å². The van der Waals surface area contributed by atoms with Crippen LogP contribution in [0.3, 0.4) is 0 Å². The Morgan fingerprint density at radius 3 is 2.48 bits per heavy atom. The Bertz CT molecular complexity index is 940. The number of hydrogen-bond acceptors (Lipinski definition) is 6. The quantitative estimate of drug-likeness (QED) is 0.544. The second kappa shape index (κ2) is 10.5. The van der Waals surface area contributed by atoms with Crippen molar-refractivity contribution in [2.75, 3.05) is 25.6 Å². The van der Waals surface area contributed by atoms with E-state index in [1.807, 2.05) is 38.1 Å². The van der Waals surface area contributed by atoms with Crippen LogP contribution in [0.2, 0.25) is 0 Å². The highest BCUT2D eigenvalue weighted by molar-refractivity contribution is 5.94. The van der Waals surface area contributed by atoms with Crippen LogP contribution < -0.4 is 14.8 Å². The molecule has 0 radical (unpaired) electrons. The molecule has 7 heteroatoms. The number of nitrogens with one attached hydrogen (secondary N) is 1. The van der Waals surface area contributed by atoms with Crippen LogP contribution >= 0.6 is 0 Å². The summed E-state index contributed by atoms with van der Waals surface area (Å²) in [5, 5.41) is 11.3. The summed E-state index contributed by atoms with van der Waals surface area (Å²) < 4.78 is 15.4. The predicted octanol–water partition coefficient (Wildman–Crippen LogP) is 3.41. The third-order valence-corrected chi connectivity index (χ3v) is 3.74.